The molecule has 0 amide bonds. The molecule has 0 aliphatic carbocycles. The second-order valence-electron chi connectivity index (χ2n) is 2.26. The molecule has 0 atom stereocenters. The molecule has 0 bridgehead atoms. The van der Waals surface area contributed by atoms with Gasteiger partial charge in [-0.1, -0.05) is 6.07 Å². The van der Waals surface area contributed by atoms with Gasteiger partial charge < -0.3 is 10.3 Å². The number of fused-ring (bicyclic) bond motifs is 1. The van der Waals surface area contributed by atoms with Gasteiger partial charge in [0, 0.05) is 0 Å². The average Bonchev–Trinajstić information content (AvgIpc) is 2.31. The number of hydrogen-bond acceptors (Lipinski definition) is 3. The zero-order chi connectivity index (χ0) is 7.84. The summed E-state index contributed by atoms with van der Waals surface area (Å²) in [7, 11) is 0. The first-order valence-electron chi connectivity index (χ1n) is 3.14. The van der Waals surface area contributed by atoms with Crippen LogP contribution in [-0.2, 0) is 0 Å². The average molecular weight is 150 g/mol. The first kappa shape index (κ1) is 6.03. The van der Waals surface area contributed by atoms with Crippen LogP contribution in [0.5, 0.6) is 5.75 Å². The third kappa shape index (κ3) is 0.797. The number of phenols is 1. The van der Waals surface area contributed by atoms with Crippen molar-refractivity contribution in [1.29, 1.82) is 0 Å². The van der Waals surface area contributed by atoms with E-state index in [0.717, 1.165) is 0 Å². The third-order valence-corrected chi connectivity index (χ3v) is 1.51. The van der Waals surface area contributed by atoms with Crippen molar-refractivity contribution < 1.29 is 10.3 Å². The number of nitrogens with zero attached hydrogens (tertiary/aromatic N) is 2. The van der Waals surface area contributed by atoms with Crippen LogP contribution in [0.1, 0.15) is 0 Å². The molecular formula is C7H6N2O2. The van der Waals surface area contributed by atoms with Gasteiger partial charge in [0.1, 0.15) is 5.75 Å². The van der Waals surface area contributed by atoms with Crippen LogP contribution in [-0.4, -0.2) is 20.3 Å². The molecule has 11 heavy (non-hydrogen) atoms. The number of aromatic nitrogens is 2. The molecule has 0 spiro atoms. The Hall–Kier alpha value is -1.71. The summed E-state index contributed by atoms with van der Waals surface area (Å²) >= 11 is 0. The summed E-state index contributed by atoms with van der Waals surface area (Å²) in [5, 5.41) is 22.3. The number of rotatable bonds is 0. The largest absolute Gasteiger partial charge is 0.507 e. The Kier molecular flexibility index (Phi) is 1.03. The van der Waals surface area contributed by atoms with Crippen LogP contribution in [0.15, 0.2) is 24.4 Å². The molecule has 1 aromatic heterocycles. The second kappa shape index (κ2) is 1.88. The highest BCUT2D eigenvalue weighted by Gasteiger charge is 2.02. The van der Waals surface area contributed by atoms with E-state index >= 15 is 0 Å². The van der Waals surface area contributed by atoms with Crippen molar-refractivity contribution >= 4 is 10.9 Å². The molecule has 0 aliphatic heterocycles. The van der Waals surface area contributed by atoms with Gasteiger partial charge in [0.15, 0.2) is 0 Å². The third-order valence-electron chi connectivity index (χ3n) is 1.51. The Labute approximate surface area is 62.3 Å². The highest BCUT2D eigenvalue weighted by molar-refractivity contribution is 5.84. The SMILES string of the molecule is Oc1cccc2nn(O)cc12. The first-order valence-corrected chi connectivity index (χ1v) is 3.14. The topological polar surface area (TPSA) is 58.3 Å². The van der Waals surface area contributed by atoms with E-state index in [-0.39, 0.29) is 5.75 Å². The fourth-order valence-electron chi connectivity index (χ4n) is 1.02. The van der Waals surface area contributed by atoms with Gasteiger partial charge in [-0.25, -0.2) is 0 Å². The lowest BCUT2D eigenvalue weighted by Crippen LogP contribution is -1.86. The summed E-state index contributed by atoms with van der Waals surface area (Å²) in [5.74, 6) is 0.128. The Morgan fingerprint density at radius 3 is 2.91 bits per heavy atom. The van der Waals surface area contributed by atoms with Crippen molar-refractivity contribution in [3.8, 4) is 5.75 Å². The van der Waals surface area contributed by atoms with Gasteiger partial charge in [-0.3, -0.25) is 0 Å². The van der Waals surface area contributed by atoms with Gasteiger partial charge in [0.2, 0.25) is 0 Å². The van der Waals surface area contributed by atoms with Gasteiger partial charge in [-0.15, -0.1) is 9.94 Å². The van der Waals surface area contributed by atoms with E-state index in [2.05, 4.69) is 5.10 Å². The standard InChI is InChI=1S/C7H6N2O2/c10-7-3-1-2-6-5(7)4-9(11)8-6/h1-4,10-11H. The molecule has 0 saturated heterocycles. The number of aromatic hydroxyl groups is 1. The van der Waals surface area contributed by atoms with Crippen LogP contribution >= 0.6 is 0 Å². The number of hydrogen-bond donors (Lipinski definition) is 2. The van der Waals surface area contributed by atoms with Crippen LogP contribution in [0.25, 0.3) is 10.9 Å². The van der Waals surface area contributed by atoms with Crippen molar-refractivity contribution in [2.45, 2.75) is 0 Å². The summed E-state index contributed by atoms with van der Waals surface area (Å²) in [5.41, 5.74) is 0.576. The smallest absolute Gasteiger partial charge is 0.126 e. The Balaban J connectivity index is 2.90. The highest BCUT2D eigenvalue weighted by Crippen LogP contribution is 2.21. The summed E-state index contributed by atoms with van der Waals surface area (Å²) in [6, 6.07) is 4.93. The zero-order valence-corrected chi connectivity index (χ0v) is 5.60. The fourth-order valence-corrected chi connectivity index (χ4v) is 1.02. The quantitative estimate of drug-likeness (QED) is 0.550. The van der Waals surface area contributed by atoms with Crippen LogP contribution in [0.3, 0.4) is 0 Å². The van der Waals surface area contributed by atoms with E-state index in [1.165, 1.54) is 6.20 Å². The summed E-state index contributed by atoms with van der Waals surface area (Å²) < 4.78 is 0. The molecule has 4 nitrogen and oxygen atoms in total. The van der Waals surface area contributed by atoms with Crippen molar-refractivity contribution in [2.24, 2.45) is 0 Å². The molecule has 56 valence electrons. The molecule has 0 unspecified atom stereocenters. The number of benzene rings is 1. The molecule has 4 heteroatoms. The Bertz CT molecular complexity index is 394. The summed E-state index contributed by atoms with van der Waals surface area (Å²) in [6.07, 6.45) is 1.35. The number of phenolic OH excluding ortho intramolecular Hbond substituents is 1. The van der Waals surface area contributed by atoms with E-state index in [1.807, 2.05) is 0 Å². The Morgan fingerprint density at radius 2 is 2.18 bits per heavy atom. The molecular weight excluding hydrogens is 144 g/mol. The molecule has 0 saturated carbocycles. The van der Waals surface area contributed by atoms with Crippen molar-refractivity contribution in [3.05, 3.63) is 24.4 Å². The maximum atomic E-state index is 9.22. The van der Waals surface area contributed by atoms with Crippen molar-refractivity contribution in [3.63, 3.8) is 0 Å². The lowest BCUT2D eigenvalue weighted by Gasteiger charge is -1.88. The predicted molar refractivity (Wildman–Crippen MR) is 38.6 cm³/mol. The lowest BCUT2D eigenvalue weighted by molar-refractivity contribution is 0.151. The summed E-state index contributed by atoms with van der Waals surface area (Å²) in [6.45, 7) is 0. The summed E-state index contributed by atoms with van der Waals surface area (Å²) in [4.78, 5) is 0.685. The van der Waals surface area contributed by atoms with Crippen LogP contribution < -0.4 is 0 Å². The van der Waals surface area contributed by atoms with Crippen LogP contribution in [0.2, 0.25) is 0 Å². The second-order valence-corrected chi connectivity index (χ2v) is 2.26. The molecule has 0 radical (unpaired) electrons. The van der Waals surface area contributed by atoms with Gasteiger partial charge in [-0.2, -0.15) is 0 Å². The van der Waals surface area contributed by atoms with E-state index in [4.69, 9.17) is 5.21 Å². The van der Waals surface area contributed by atoms with Crippen molar-refractivity contribution in [1.82, 2.24) is 9.94 Å². The minimum absolute atomic E-state index is 0.128. The molecule has 0 aliphatic rings. The van der Waals surface area contributed by atoms with E-state index in [0.29, 0.717) is 15.7 Å². The molecule has 2 aromatic rings. The van der Waals surface area contributed by atoms with Gasteiger partial charge in [0.25, 0.3) is 0 Å². The van der Waals surface area contributed by atoms with Crippen molar-refractivity contribution in [2.75, 3.05) is 0 Å². The molecule has 0 fully saturated rings. The lowest BCUT2D eigenvalue weighted by atomic mass is 10.2. The van der Waals surface area contributed by atoms with Gasteiger partial charge in [0.05, 0.1) is 17.1 Å². The fraction of sp³-hybridized carbons (Fsp3) is 0. The van der Waals surface area contributed by atoms with Gasteiger partial charge in [-0.05, 0) is 12.1 Å². The minimum atomic E-state index is 0.128. The molecule has 1 aromatic carbocycles. The maximum absolute atomic E-state index is 9.22. The first-order chi connectivity index (χ1) is 5.27. The van der Waals surface area contributed by atoms with E-state index < -0.39 is 0 Å². The zero-order valence-electron chi connectivity index (χ0n) is 5.60. The molecule has 2 rings (SSSR count). The molecule has 2 N–H and O–H groups in total. The van der Waals surface area contributed by atoms with Gasteiger partial charge >= 0.3 is 0 Å². The van der Waals surface area contributed by atoms with E-state index in [9.17, 15) is 5.11 Å². The predicted octanol–water partition coefficient (Wildman–Crippen LogP) is 0.979. The normalized spacial score (nSPS) is 10.5. The molecule has 1 heterocycles. The highest BCUT2D eigenvalue weighted by atomic mass is 16.5. The maximum Gasteiger partial charge on any atom is 0.126 e. The Morgan fingerprint density at radius 1 is 1.36 bits per heavy atom. The van der Waals surface area contributed by atoms with Crippen LogP contribution in [0.4, 0.5) is 0 Å². The van der Waals surface area contributed by atoms with Crippen LogP contribution in [0, 0.1) is 0 Å². The monoisotopic (exact) mass is 150 g/mol. The van der Waals surface area contributed by atoms with E-state index in [1.54, 1.807) is 18.2 Å². The minimum Gasteiger partial charge on any atom is -0.507 e.